The molecule has 4 heteroatoms. The van der Waals surface area contributed by atoms with Crippen molar-refractivity contribution in [2.45, 2.75) is 40.0 Å². The Labute approximate surface area is 136 Å². The van der Waals surface area contributed by atoms with E-state index in [0.717, 1.165) is 29.0 Å². The molecular formula is C19H23N3O. The first-order valence-corrected chi connectivity index (χ1v) is 7.95. The zero-order chi connectivity index (χ0) is 16.4. The van der Waals surface area contributed by atoms with Crippen molar-refractivity contribution in [1.29, 1.82) is 0 Å². The van der Waals surface area contributed by atoms with Gasteiger partial charge < -0.3 is 15.4 Å². The highest BCUT2D eigenvalue weighted by Crippen LogP contribution is 2.18. The Balaban J connectivity index is 1.73. The molecule has 120 valence electrons. The van der Waals surface area contributed by atoms with Gasteiger partial charge in [0.1, 0.15) is 5.82 Å². The third kappa shape index (κ3) is 3.44. The van der Waals surface area contributed by atoms with Crippen molar-refractivity contribution in [2.24, 2.45) is 0 Å². The summed E-state index contributed by atoms with van der Waals surface area (Å²) in [4.78, 5) is 7.98. The summed E-state index contributed by atoms with van der Waals surface area (Å²) in [7, 11) is 0. The molecule has 4 nitrogen and oxygen atoms in total. The average molecular weight is 309 g/mol. The number of aliphatic hydroxyl groups excluding tert-OH is 1. The van der Waals surface area contributed by atoms with Gasteiger partial charge in [-0.1, -0.05) is 29.8 Å². The van der Waals surface area contributed by atoms with Crippen LogP contribution in [0.2, 0.25) is 0 Å². The molecule has 3 rings (SSSR count). The standard InChI is InChI=1S/C19H23N3O/c1-12-4-6-16(13(2)8-12)10-20-14(3)19-21-17-7-5-15(11-23)9-18(17)22-19/h4-9,14,20,23H,10-11H2,1-3H3,(H,21,22). The Morgan fingerprint density at radius 1 is 1.17 bits per heavy atom. The predicted octanol–water partition coefficient (Wildman–Crippen LogP) is 3.52. The molecule has 0 saturated heterocycles. The van der Waals surface area contributed by atoms with Crippen LogP contribution in [-0.4, -0.2) is 15.1 Å². The quantitative estimate of drug-likeness (QED) is 0.676. The van der Waals surface area contributed by atoms with Crippen molar-refractivity contribution in [3.05, 3.63) is 64.5 Å². The molecule has 0 saturated carbocycles. The number of aromatic nitrogens is 2. The third-order valence-corrected chi connectivity index (χ3v) is 4.25. The van der Waals surface area contributed by atoms with Crippen LogP contribution < -0.4 is 5.32 Å². The van der Waals surface area contributed by atoms with E-state index in [-0.39, 0.29) is 12.6 Å². The van der Waals surface area contributed by atoms with Gasteiger partial charge in [-0.2, -0.15) is 0 Å². The second kappa shape index (κ2) is 6.52. The van der Waals surface area contributed by atoms with E-state index in [1.807, 2.05) is 18.2 Å². The lowest BCUT2D eigenvalue weighted by atomic mass is 10.1. The molecule has 0 amide bonds. The molecule has 3 aromatic rings. The first-order chi connectivity index (χ1) is 11.1. The summed E-state index contributed by atoms with van der Waals surface area (Å²) >= 11 is 0. The molecule has 0 aliphatic rings. The molecule has 1 aromatic heterocycles. The molecule has 0 bridgehead atoms. The van der Waals surface area contributed by atoms with E-state index in [2.05, 4.69) is 54.3 Å². The largest absolute Gasteiger partial charge is 0.392 e. The highest BCUT2D eigenvalue weighted by molar-refractivity contribution is 5.75. The van der Waals surface area contributed by atoms with Gasteiger partial charge in [-0.3, -0.25) is 0 Å². The second-order valence-corrected chi connectivity index (χ2v) is 6.16. The van der Waals surface area contributed by atoms with Crippen LogP contribution in [0.25, 0.3) is 11.0 Å². The number of aromatic amines is 1. The molecule has 1 unspecified atom stereocenters. The highest BCUT2D eigenvalue weighted by atomic mass is 16.3. The number of fused-ring (bicyclic) bond motifs is 1. The van der Waals surface area contributed by atoms with Gasteiger partial charge in [-0.25, -0.2) is 4.98 Å². The average Bonchev–Trinajstić information content (AvgIpc) is 2.96. The Kier molecular flexibility index (Phi) is 4.46. The summed E-state index contributed by atoms with van der Waals surface area (Å²) in [6.45, 7) is 7.22. The smallest absolute Gasteiger partial charge is 0.124 e. The predicted molar refractivity (Wildman–Crippen MR) is 93.2 cm³/mol. The summed E-state index contributed by atoms with van der Waals surface area (Å²) in [5, 5.41) is 12.7. The van der Waals surface area contributed by atoms with E-state index in [4.69, 9.17) is 0 Å². The van der Waals surface area contributed by atoms with E-state index in [9.17, 15) is 5.11 Å². The minimum absolute atomic E-state index is 0.0464. The number of hydrogen-bond acceptors (Lipinski definition) is 3. The summed E-state index contributed by atoms with van der Waals surface area (Å²) in [5.74, 6) is 0.917. The van der Waals surface area contributed by atoms with E-state index in [0.29, 0.717) is 0 Å². The number of H-pyrrole nitrogens is 1. The van der Waals surface area contributed by atoms with Crippen LogP contribution in [0.5, 0.6) is 0 Å². The topological polar surface area (TPSA) is 60.9 Å². The minimum Gasteiger partial charge on any atom is -0.392 e. The van der Waals surface area contributed by atoms with Crippen molar-refractivity contribution in [3.8, 4) is 0 Å². The number of nitrogens with zero attached hydrogens (tertiary/aromatic N) is 1. The van der Waals surface area contributed by atoms with Crippen LogP contribution in [-0.2, 0) is 13.2 Å². The third-order valence-electron chi connectivity index (χ3n) is 4.25. The zero-order valence-corrected chi connectivity index (χ0v) is 13.9. The molecule has 1 heterocycles. The van der Waals surface area contributed by atoms with E-state index in [1.165, 1.54) is 16.7 Å². The Hall–Kier alpha value is -2.17. The summed E-state index contributed by atoms with van der Waals surface area (Å²) in [5.41, 5.74) is 6.69. The van der Waals surface area contributed by atoms with Gasteiger partial charge in [0.15, 0.2) is 0 Å². The van der Waals surface area contributed by atoms with E-state index in [1.54, 1.807) is 0 Å². The molecule has 0 radical (unpaired) electrons. The number of nitrogens with one attached hydrogen (secondary N) is 2. The van der Waals surface area contributed by atoms with Gasteiger partial charge in [0, 0.05) is 6.54 Å². The van der Waals surface area contributed by atoms with Crippen molar-refractivity contribution < 1.29 is 5.11 Å². The fourth-order valence-corrected chi connectivity index (χ4v) is 2.78. The number of aliphatic hydroxyl groups is 1. The van der Waals surface area contributed by atoms with Crippen molar-refractivity contribution in [2.75, 3.05) is 0 Å². The second-order valence-electron chi connectivity index (χ2n) is 6.16. The van der Waals surface area contributed by atoms with Crippen LogP contribution in [0.3, 0.4) is 0 Å². The van der Waals surface area contributed by atoms with Gasteiger partial charge in [0.25, 0.3) is 0 Å². The number of aryl methyl sites for hydroxylation is 2. The van der Waals surface area contributed by atoms with Crippen molar-refractivity contribution in [1.82, 2.24) is 15.3 Å². The summed E-state index contributed by atoms with van der Waals surface area (Å²) in [6, 6.07) is 12.4. The molecule has 3 N–H and O–H groups in total. The van der Waals surface area contributed by atoms with Gasteiger partial charge >= 0.3 is 0 Å². The molecule has 0 aliphatic carbocycles. The Morgan fingerprint density at radius 3 is 2.74 bits per heavy atom. The van der Waals surface area contributed by atoms with Crippen LogP contribution in [0.15, 0.2) is 36.4 Å². The summed E-state index contributed by atoms with van der Waals surface area (Å²) < 4.78 is 0. The Bertz CT molecular complexity index is 823. The number of rotatable bonds is 5. The molecular weight excluding hydrogens is 286 g/mol. The SMILES string of the molecule is Cc1ccc(CNC(C)c2nc3ccc(CO)cc3[nH]2)c(C)c1. The fourth-order valence-electron chi connectivity index (χ4n) is 2.78. The van der Waals surface area contributed by atoms with Gasteiger partial charge in [0.05, 0.1) is 23.7 Å². The maximum atomic E-state index is 9.22. The number of imidazole rings is 1. The molecule has 0 fully saturated rings. The molecule has 1 atom stereocenters. The fraction of sp³-hybridized carbons (Fsp3) is 0.316. The van der Waals surface area contributed by atoms with Crippen LogP contribution in [0, 0.1) is 13.8 Å². The Morgan fingerprint density at radius 2 is 2.00 bits per heavy atom. The minimum atomic E-state index is 0.0464. The lowest BCUT2D eigenvalue weighted by Crippen LogP contribution is -2.19. The van der Waals surface area contributed by atoms with E-state index >= 15 is 0 Å². The molecule has 0 aliphatic heterocycles. The monoisotopic (exact) mass is 309 g/mol. The zero-order valence-electron chi connectivity index (χ0n) is 13.9. The van der Waals surface area contributed by atoms with Crippen LogP contribution in [0.4, 0.5) is 0 Å². The number of hydrogen-bond donors (Lipinski definition) is 3. The maximum absolute atomic E-state index is 9.22. The normalized spacial score (nSPS) is 12.7. The lowest BCUT2D eigenvalue weighted by molar-refractivity contribution is 0.282. The first-order valence-electron chi connectivity index (χ1n) is 7.95. The van der Waals surface area contributed by atoms with Crippen molar-refractivity contribution >= 4 is 11.0 Å². The molecule has 0 spiro atoms. The highest BCUT2D eigenvalue weighted by Gasteiger charge is 2.11. The molecule has 2 aromatic carbocycles. The lowest BCUT2D eigenvalue weighted by Gasteiger charge is -2.13. The number of benzene rings is 2. The van der Waals surface area contributed by atoms with Crippen molar-refractivity contribution in [3.63, 3.8) is 0 Å². The van der Waals surface area contributed by atoms with E-state index < -0.39 is 0 Å². The first kappa shape index (κ1) is 15.7. The van der Waals surface area contributed by atoms with Gasteiger partial charge in [-0.15, -0.1) is 0 Å². The molecule has 23 heavy (non-hydrogen) atoms. The summed E-state index contributed by atoms with van der Waals surface area (Å²) in [6.07, 6.45) is 0. The van der Waals surface area contributed by atoms with Crippen LogP contribution >= 0.6 is 0 Å². The van der Waals surface area contributed by atoms with Crippen LogP contribution in [0.1, 0.15) is 41.0 Å². The maximum Gasteiger partial charge on any atom is 0.124 e. The van der Waals surface area contributed by atoms with Gasteiger partial charge in [-0.05, 0) is 49.6 Å². The van der Waals surface area contributed by atoms with Gasteiger partial charge in [0.2, 0.25) is 0 Å².